The number of hydrogen-bond donors (Lipinski definition) is 2. The van der Waals surface area contributed by atoms with Crippen molar-refractivity contribution in [3.05, 3.63) is 0 Å². The Morgan fingerprint density at radius 3 is 2.25 bits per heavy atom. The molecule has 0 fully saturated rings. The fraction of sp³-hybridized carbons (Fsp3) is 1.00. The quantitative estimate of drug-likeness (QED) is 0.537. The molecular formula is C13H29NO2. The molecule has 0 aliphatic rings. The summed E-state index contributed by atoms with van der Waals surface area (Å²) in [5.74, 6) is 0. The molecule has 0 saturated heterocycles. The van der Waals surface area contributed by atoms with Crippen LogP contribution in [0.5, 0.6) is 0 Å². The zero-order valence-electron chi connectivity index (χ0n) is 11.0. The summed E-state index contributed by atoms with van der Waals surface area (Å²) >= 11 is 0. The fourth-order valence-electron chi connectivity index (χ4n) is 1.69. The molecule has 0 aromatic rings. The van der Waals surface area contributed by atoms with Crippen LogP contribution in [0, 0.1) is 0 Å². The Labute approximate surface area is 100 Å². The molecule has 0 amide bonds. The van der Waals surface area contributed by atoms with Gasteiger partial charge in [0.15, 0.2) is 0 Å². The van der Waals surface area contributed by atoms with Crippen LogP contribution in [0.1, 0.15) is 58.8 Å². The summed E-state index contributed by atoms with van der Waals surface area (Å²) in [6.45, 7) is 5.00. The van der Waals surface area contributed by atoms with E-state index >= 15 is 0 Å². The number of aliphatic hydroxyl groups excluding tert-OH is 1. The number of unbranched alkanes of at least 4 members (excludes halogenated alkanes) is 5. The molecule has 0 aromatic carbocycles. The van der Waals surface area contributed by atoms with E-state index in [1.54, 1.807) is 0 Å². The lowest BCUT2D eigenvalue weighted by molar-refractivity contribution is -0.00453. The molecule has 0 heterocycles. The van der Waals surface area contributed by atoms with Crippen LogP contribution in [-0.2, 0) is 4.74 Å². The third-order valence-corrected chi connectivity index (χ3v) is 2.96. The van der Waals surface area contributed by atoms with Crippen molar-refractivity contribution in [3.63, 3.8) is 0 Å². The van der Waals surface area contributed by atoms with Gasteiger partial charge in [-0.1, -0.05) is 46.0 Å². The van der Waals surface area contributed by atoms with Gasteiger partial charge in [-0.3, -0.25) is 0 Å². The Bertz CT molecular complexity index is 142. The van der Waals surface area contributed by atoms with Crippen molar-refractivity contribution in [2.45, 2.75) is 70.9 Å². The smallest absolute Gasteiger partial charge is 0.0955 e. The predicted molar refractivity (Wildman–Crippen MR) is 68.5 cm³/mol. The van der Waals surface area contributed by atoms with Crippen LogP contribution in [0.25, 0.3) is 0 Å². The third kappa shape index (κ3) is 8.08. The van der Waals surface area contributed by atoms with Gasteiger partial charge in [0.25, 0.3) is 0 Å². The number of hydrogen-bond acceptors (Lipinski definition) is 3. The minimum atomic E-state index is -0.180. The molecule has 2 atom stereocenters. The zero-order chi connectivity index (χ0) is 12.2. The summed E-state index contributed by atoms with van der Waals surface area (Å²) in [4.78, 5) is 0. The van der Waals surface area contributed by atoms with Gasteiger partial charge in [-0.2, -0.15) is 0 Å². The van der Waals surface area contributed by atoms with Gasteiger partial charge in [0.05, 0.1) is 12.7 Å². The Morgan fingerprint density at radius 1 is 1.06 bits per heavy atom. The molecular weight excluding hydrogens is 202 g/mol. The second-order valence-corrected chi connectivity index (χ2v) is 4.43. The first-order valence-corrected chi connectivity index (χ1v) is 6.74. The van der Waals surface area contributed by atoms with E-state index in [0.717, 1.165) is 19.4 Å². The van der Waals surface area contributed by atoms with Crippen molar-refractivity contribution in [2.75, 3.05) is 13.2 Å². The summed E-state index contributed by atoms with van der Waals surface area (Å²) in [7, 11) is 0. The molecule has 0 bridgehead atoms. The fourth-order valence-corrected chi connectivity index (χ4v) is 1.69. The summed E-state index contributed by atoms with van der Waals surface area (Å²) in [6.07, 6.45) is 8.21. The van der Waals surface area contributed by atoms with Gasteiger partial charge in [0, 0.05) is 12.6 Å². The third-order valence-electron chi connectivity index (χ3n) is 2.96. The minimum absolute atomic E-state index is 0.0326. The first-order chi connectivity index (χ1) is 7.76. The van der Waals surface area contributed by atoms with Crippen molar-refractivity contribution in [1.29, 1.82) is 0 Å². The summed E-state index contributed by atoms with van der Waals surface area (Å²) in [5.41, 5.74) is 5.82. The van der Waals surface area contributed by atoms with Gasteiger partial charge in [-0.25, -0.2) is 0 Å². The predicted octanol–water partition coefficient (Wildman–Crippen LogP) is 2.46. The number of rotatable bonds is 11. The van der Waals surface area contributed by atoms with Gasteiger partial charge in [0.1, 0.15) is 0 Å². The molecule has 0 radical (unpaired) electrons. The molecule has 0 aliphatic heterocycles. The summed E-state index contributed by atoms with van der Waals surface area (Å²) in [6, 6.07) is -0.0370. The maximum Gasteiger partial charge on any atom is 0.0955 e. The Hall–Kier alpha value is -0.120. The van der Waals surface area contributed by atoms with E-state index in [-0.39, 0.29) is 18.8 Å². The lowest BCUT2D eigenvalue weighted by Crippen LogP contribution is -2.39. The van der Waals surface area contributed by atoms with E-state index in [0.29, 0.717) is 0 Å². The topological polar surface area (TPSA) is 55.5 Å². The minimum Gasteiger partial charge on any atom is -0.394 e. The lowest BCUT2D eigenvalue weighted by atomic mass is 10.1. The Kier molecular flexibility index (Phi) is 11.3. The molecule has 3 N–H and O–H groups in total. The highest BCUT2D eigenvalue weighted by Gasteiger charge is 2.14. The first kappa shape index (κ1) is 15.9. The molecule has 0 rings (SSSR count). The number of aliphatic hydroxyl groups is 1. The zero-order valence-corrected chi connectivity index (χ0v) is 11.0. The maximum atomic E-state index is 9.10. The number of nitrogens with two attached hydrogens (primary N) is 1. The van der Waals surface area contributed by atoms with Crippen molar-refractivity contribution in [2.24, 2.45) is 5.73 Å². The van der Waals surface area contributed by atoms with Gasteiger partial charge in [-0.05, 0) is 12.8 Å². The average molecular weight is 231 g/mol. The largest absolute Gasteiger partial charge is 0.394 e. The van der Waals surface area contributed by atoms with Crippen LogP contribution in [0.15, 0.2) is 0 Å². The van der Waals surface area contributed by atoms with E-state index in [1.807, 2.05) is 6.92 Å². The highest BCUT2D eigenvalue weighted by atomic mass is 16.5. The van der Waals surface area contributed by atoms with Crippen LogP contribution >= 0.6 is 0 Å². The van der Waals surface area contributed by atoms with E-state index in [2.05, 4.69) is 6.92 Å². The molecule has 98 valence electrons. The monoisotopic (exact) mass is 231 g/mol. The Balaban J connectivity index is 3.34. The SMILES string of the molecule is CCCCCCCCOC(CO)C(N)CC. The van der Waals surface area contributed by atoms with Crippen molar-refractivity contribution in [1.82, 2.24) is 0 Å². The van der Waals surface area contributed by atoms with Crippen LogP contribution in [-0.4, -0.2) is 30.5 Å². The van der Waals surface area contributed by atoms with Gasteiger partial charge in [0.2, 0.25) is 0 Å². The number of ether oxygens (including phenoxy) is 1. The highest BCUT2D eigenvalue weighted by molar-refractivity contribution is 4.70. The van der Waals surface area contributed by atoms with E-state index in [4.69, 9.17) is 15.6 Å². The molecule has 0 saturated carbocycles. The first-order valence-electron chi connectivity index (χ1n) is 6.74. The summed E-state index contributed by atoms with van der Waals surface area (Å²) in [5, 5.41) is 9.10. The molecule has 3 nitrogen and oxygen atoms in total. The Morgan fingerprint density at radius 2 is 1.69 bits per heavy atom. The summed E-state index contributed by atoms with van der Waals surface area (Å²) < 4.78 is 5.58. The standard InChI is InChI=1S/C13H29NO2/c1-3-5-6-7-8-9-10-16-13(11-15)12(14)4-2/h12-13,15H,3-11,14H2,1-2H3. The van der Waals surface area contributed by atoms with Crippen LogP contribution in [0.4, 0.5) is 0 Å². The van der Waals surface area contributed by atoms with E-state index < -0.39 is 0 Å². The van der Waals surface area contributed by atoms with Crippen LogP contribution in [0.2, 0.25) is 0 Å². The van der Waals surface area contributed by atoms with Crippen molar-refractivity contribution in [3.8, 4) is 0 Å². The van der Waals surface area contributed by atoms with E-state index in [1.165, 1.54) is 32.1 Å². The average Bonchev–Trinajstić information content (AvgIpc) is 2.32. The second kappa shape index (κ2) is 11.4. The van der Waals surface area contributed by atoms with Gasteiger partial charge >= 0.3 is 0 Å². The second-order valence-electron chi connectivity index (χ2n) is 4.43. The van der Waals surface area contributed by atoms with Gasteiger partial charge in [-0.15, -0.1) is 0 Å². The van der Waals surface area contributed by atoms with Gasteiger partial charge < -0.3 is 15.6 Å². The molecule has 16 heavy (non-hydrogen) atoms. The molecule has 3 heteroatoms. The maximum absolute atomic E-state index is 9.10. The highest BCUT2D eigenvalue weighted by Crippen LogP contribution is 2.07. The molecule has 2 unspecified atom stereocenters. The molecule has 0 spiro atoms. The van der Waals surface area contributed by atoms with Crippen LogP contribution in [0.3, 0.4) is 0 Å². The normalized spacial score (nSPS) is 15.0. The van der Waals surface area contributed by atoms with Crippen molar-refractivity contribution >= 4 is 0 Å². The lowest BCUT2D eigenvalue weighted by Gasteiger charge is -2.21. The van der Waals surface area contributed by atoms with E-state index in [9.17, 15) is 0 Å². The molecule has 0 aliphatic carbocycles. The van der Waals surface area contributed by atoms with Crippen LogP contribution < -0.4 is 5.73 Å². The van der Waals surface area contributed by atoms with Crippen molar-refractivity contribution < 1.29 is 9.84 Å². The molecule has 0 aromatic heterocycles.